The van der Waals surface area contributed by atoms with Crippen LogP contribution in [0.2, 0.25) is 0 Å². The summed E-state index contributed by atoms with van der Waals surface area (Å²) in [4.78, 5) is 94.0. The first-order chi connectivity index (χ1) is 58.3. The summed E-state index contributed by atoms with van der Waals surface area (Å²) >= 11 is 16.7. The molecule has 6 N–H and O–H groups in total. The molecule has 5 aliphatic rings. The van der Waals surface area contributed by atoms with Crippen LogP contribution in [0.25, 0.3) is 104 Å². The van der Waals surface area contributed by atoms with Gasteiger partial charge in [0.25, 0.3) is 0 Å². The van der Waals surface area contributed by atoms with E-state index in [2.05, 4.69) is 145 Å². The van der Waals surface area contributed by atoms with Crippen molar-refractivity contribution in [1.29, 1.82) is 0 Å². The summed E-state index contributed by atoms with van der Waals surface area (Å²) in [6.45, 7) is 28.8. The number of aromatic nitrogens is 5. The lowest BCUT2D eigenvalue weighted by molar-refractivity contribution is -0.115. The summed E-state index contributed by atoms with van der Waals surface area (Å²) < 4.78 is 20.4. The third-order valence-electron chi connectivity index (χ3n) is 22.5. The minimum atomic E-state index is -0.973. The lowest BCUT2D eigenvalue weighted by Gasteiger charge is -2.38. The zero-order valence-corrected chi connectivity index (χ0v) is 77.9. The molecule has 13 heterocycles. The molecular formula is C92H96FN13O5S10. The minimum Gasteiger partial charge on any atom is -0.317 e. The molecule has 2 aliphatic carbocycles. The molecule has 626 valence electrons. The molecule has 0 saturated carbocycles. The Morgan fingerprint density at radius 1 is 0.430 bits per heavy atom. The number of carbonyl (C=O) groups excluding carboxylic acids is 5. The maximum Gasteiger partial charge on any atom is 0.221 e. The molecular weight excluding hydrogens is 1710 g/mol. The summed E-state index contributed by atoms with van der Waals surface area (Å²) in [7, 11) is 0. The molecule has 0 saturated heterocycles. The molecule has 0 spiro atoms. The van der Waals surface area contributed by atoms with E-state index in [9.17, 15) is 28.4 Å². The van der Waals surface area contributed by atoms with Gasteiger partial charge in [0.1, 0.15) is 56.2 Å². The Balaban J connectivity index is 0.000000113. The fraction of sp³-hybridized carbons (Fsp3) is 0.348. The van der Waals surface area contributed by atoms with E-state index in [1.54, 1.807) is 130 Å². The Kier molecular flexibility index (Phi) is 26.2. The van der Waals surface area contributed by atoms with Crippen LogP contribution in [-0.2, 0) is 62.5 Å². The van der Waals surface area contributed by atoms with E-state index in [-0.39, 0.29) is 29.5 Å². The molecule has 5 amide bonds. The first-order valence-corrected chi connectivity index (χ1v) is 49.3. The van der Waals surface area contributed by atoms with Gasteiger partial charge in [-0.1, -0.05) is 74.5 Å². The van der Waals surface area contributed by atoms with Gasteiger partial charge in [0.05, 0.1) is 56.6 Å². The Morgan fingerprint density at radius 2 is 0.802 bits per heavy atom. The molecule has 15 aromatic rings. The van der Waals surface area contributed by atoms with Crippen LogP contribution in [0.3, 0.4) is 0 Å². The number of thiazole rings is 5. The molecule has 10 aromatic heterocycles. The van der Waals surface area contributed by atoms with Gasteiger partial charge < -0.3 is 31.9 Å². The summed E-state index contributed by atoms with van der Waals surface area (Å²) in [5.74, 6) is 0.445. The maximum absolute atomic E-state index is 14.6. The standard InChI is InChI=1S/2C20H23N3OS2.C18H18N2OS2.C17H15FN2OS2.C17H17N3OS2/c1-11(2)23-10-9-14-17(19(21-13(4)24)26-18(14)12(23)3)20-22-15-7-5-6-8-16(15)25-20;1-5-23-11(2)10-14-17(19(21-13(4)24)26-18(14)12(23)3)20-22-15-8-6-7-9-16(15)25-20;1-10-7-8-14-12(9-10)16(17(22-14)19-11(2)21)18-20-13-5-3-4-6-15(13)23-18;1-9(21)19-16-15(14-10(18)5-4-8-13(14)23-16)17-20-11-6-2-3-7-12(11)22-17;1-9-15-11(7-8-18-9)14(16(23-15)19-10(2)21)17-20-12-5-3-4-6-13(12)22-17/h5-8,11-12H,9-10H2,1-4H3,(H,21,24);6-9,11-12H,5,10H2,1-4H3,(H,21,24);3-6,10H,7-9H2,1-2H3,(H,19,21);2-3,6-7,10H,4-5,8H2,1H3,(H,19,21);3-6,9,18H,7-8H2,1-2H3,(H,19,21)/t;11-,12+;;;/m.1.../s1. The minimum absolute atomic E-state index is 0.0148. The van der Waals surface area contributed by atoms with Crippen LogP contribution in [0, 0.1) is 5.92 Å². The molecule has 6 atom stereocenters. The Labute approximate surface area is 743 Å². The van der Waals surface area contributed by atoms with Gasteiger partial charge in [0, 0.05) is 124 Å². The lowest BCUT2D eigenvalue weighted by Crippen LogP contribution is -2.40. The number of para-hydroxylation sites is 5. The van der Waals surface area contributed by atoms with Crippen molar-refractivity contribution in [3.63, 3.8) is 0 Å². The highest BCUT2D eigenvalue weighted by Gasteiger charge is 2.38. The SMILES string of the molecule is CC(=O)Nc1sc2c(c1-c1nc3ccccc3s1)C(F)CCC2.CC(=O)Nc1sc2c(c1-c1nc3ccccc3s1)CC(C)CC2.CC(=O)Nc1sc2c(c1-c1nc3ccccc3s1)CCN(C(C)C)C2C.CC(=O)Nc1sc2c(c1-c1nc3ccccc3s1)CCNC2C.CCN1[C@H](C)Cc2c(sc(NC(C)=O)c2-c2nc3ccccc3s2)[C@@H]1C. The van der Waals surface area contributed by atoms with E-state index in [1.807, 2.05) is 78.9 Å². The Morgan fingerprint density at radius 3 is 1.22 bits per heavy atom. The van der Waals surface area contributed by atoms with Gasteiger partial charge in [0.2, 0.25) is 29.5 Å². The van der Waals surface area contributed by atoms with Gasteiger partial charge >= 0.3 is 0 Å². The number of halogens is 1. The third-order valence-corrected chi connectivity index (χ3v) is 34.1. The number of likely N-dealkylation sites (N-methyl/N-ethyl adjacent to an activating group) is 1. The number of hydrogen-bond donors (Lipinski definition) is 6. The van der Waals surface area contributed by atoms with Crippen molar-refractivity contribution in [2.75, 3.05) is 46.2 Å². The second-order valence-electron chi connectivity index (χ2n) is 31.6. The fourth-order valence-electron chi connectivity index (χ4n) is 17.1. The number of carbonyl (C=O) groups is 5. The Bertz CT molecular complexity index is 6230. The first-order valence-electron chi connectivity index (χ1n) is 41.2. The third kappa shape index (κ3) is 18.2. The van der Waals surface area contributed by atoms with Crippen LogP contribution in [0.15, 0.2) is 121 Å². The van der Waals surface area contributed by atoms with Crippen molar-refractivity contribution in [2.45, 2.75) is 184 Å². The molecule has 5 aromatic carbocycles. The number of nitrogens with one attached hydrogen (secondary N) is 6. The fourth-order valence-corrected chi connectivity index (χ4v) is 29.3. The highest BCUT2D eigenvalue weighted by atomic mass is 32.1. The predicted octanol–water partition coefficient (Wildman–Crippen LogP) is 25.2. The smallest absolute Gasteiger partial charge is 0.221 e. The molecule has 29 heteroatoms. The number of rotatable bonds is 12. The average molecular weight is 1800 g/mol. The van der Waals surface area contributed by atoms with E-state index >= 15 is 0 Å². The van der Waals surface area contributed by atoms with Crippen LogP contribution >= 0.6 is 113 Å². The van der Waals surface area contributed by atoms with Crippen LogP contribution in [-0.4, -0.2) is 96.0 Å². The normalized spacial score (nSPS) is 18.0. The monoisotopic (exact) mass is 1800 g/mol. The van der Waals surface area contributed by atoms with Crippen LogP contribution < -0.4 is 31.9 Å². The summed E-state index contributed by atoms with van der Waals surface area (Å²) in [5, 5.41) is 27.9. The number of nitrogens with zero attached hydrogens (tertiary/aromatic N) is 7. The quantitative estimate of drug-likeness (QED) is 0.0670. The zero-order chi connectivity index (χ0) is 84.8. The van der Waals surface area contributed by atoms with E-state index in [0.29, 0.717) is 42.5 Å². The number of alkyl halides is 1. The summed E-state index contributed by atoms with van der Waals surface area (Å²) in [5.41, 5.74) is 16.5. The lowest BCUT2D eigenvalue weighted by atomic mass is 9.88. The molecule has 0 bridgehead atoms. The number of thiophene rings is 5. The number of amides is 5. The van der Waals surface area contributed by atoms with E-state index in [0.717, 1.165) is 185 Å². The van der Waals surface area contributed by atoms with Crippen LogP contribution in [0.4, 0.5) is 29.4 Å². The number of anilines is 5. The molecule has 18 nitrogen and oxygen atoms in total. The van der Waals surface area contributed by atoms with Gasteiger partial charge in [-0.2, -0.15) is 0 Å². The number of benzene rings is 5. The van der Waals surface area contributed by atoms with Crippen molar-refractivity contribution < 1.29 is 28.4 Å². The summed E-state index contributed by atoms with van der Waals surface area (Å²) in [6.07, 6.45) is 7.68. The van der Waals surface area contributed by atoms with Crippen molar-refractivity contribution in [3.05, 3.63) is 174 Å². The average Bonchev–Trinajstić information content (AvgIpc) is 1.63. The van der Waals surface area contributed by atoms with E-state index in [1.165, 1.54) is 85.2 Å². The molecule has 121 heavy (non-hydrogen) atoms. The van der Waals surface area contributed by atoms with Crippen molar-refractivity contribution in [2.24, 2.45) is 5.92 Å². The second kappa shape index (κ2) is 36.9. The molecule has 4 unspecified atom stereocenters. The predicted molar refractivity (Wildman–Crippen MR) is 512 cm³/mol. The maximum atomic E-state index is 14.6. The van der Waals surface area contributed by atoms with Crippen molar-refractivity contribution >= 4 is 219 Å². The summed E-state index contributed by atoms with van der Waals surface area (Å²) in [6, 6.07) is 42.8. The first kappa shape index (κ1) is 85.8. The number of aryl methyl sites for hydroxylation is 2. The molecule has 3 aliphatic heterocycles. The van der Waals surface area contributed by atoms with Crippen molar-refractivity contribution in [1.82, 2.24) is 40.0 Å². The van der Waals surface area contributed by atoms with Gasteiger partial charge in [0.15, 0.2) is 0 Å². The van der Waals surface area contributed by atoms with Crippen LogP contribution in [0.1, 0.15) is 186 Å². The largest absolute Gasteiger partial charge is 0.317 e. The van der Waals surface area contributed by atoms with Crippen LogP contribution in [0.5, 0.6) is 0 Å². The van der Waals surface area contributed by atoms with Gasteiger partial charge in [-0.15, -0.1) is 113 Å². The van der Waals surface area contributed by atoms with E-state index < -0.39 is 6.17 Å². The van der Waals surface area contributed by atoms with Gasteiger partial charge in [-0.05, 0) is 201 Å². The second-order valence-corrected chi connectivity index (χ2v) is 42.1. The highest BCUT2D eigenvalue weighted by molar-refractivity contribution is 7.25. The molecule has 0 fully saturated rings. The topological polar surface area (TPSA) is 228 Å². The van der Waals surface area contributed by atoms with Gasteiger partial charge in [-0.3, -0.25) is 33.8 Å². The van der Waals surface area contributed by atoms with Crippen molar-refractivity contribution in [3.8, 4) is 52.9 Å². The highest BCUT2D eigenvalue weighted by Crippen LogP contribution is 2.55. The van der Waals surface area contributed by atoms with Gasteiger partial charge in [-0.25, -0.2) is 29.3 Å². The Hall–Kier alpha value is -8.79. The number of hydrogen-bond acceptors (Lipinski definition) is 23. The zero-order valence-electron chi connectivity index (χ0n) is 69.7. The molecule has 0 radical (unpaired) electrons. The number of fused-ring (bicyclic) bond motifs is 10. The molecule has 20 rings (SSSR count). The van der Waals surface area contributed by atoms with E-state index in [4.69, 9.17) is 19.9 Å².